The van der Waals surface area contributed by atoms with Gasteiger partial charge in [-0.15, -0.1) is 6.54 Å². The van der Waals surface area contributed by atoms with Gasteiger partial charge in [-0.1, -0.05) is 42.1 Å². The van der Waals surface area contributed by atoms with Gasteiger partial charge in [-0.25, -0.2) is 0 Å². The van der Waals surface area contributed by atoms with Crippen LogP contribution in [0.5, 0.6) is 11.5 Å². The van der Waals surface area contributed by atoms with Crippen LogP contribution in [0, 0.1) is 0 Å². The first kappa shape index (κ1) is 11.2. The molecule has 0 amide bonds. The van der Waals surface area contributed by atoms with Crippen molar-refractivity contribution in [1.82, 2.24) is 0 Å². The predicted molar refractivity (Wildman–Crippen MR) is 59.7 cm³/mol. The zero-order valence-electron chi connectivity index (χ0n) is 8.53. The molecule has 2 nitrogen and oxygen atoms in total. The van der Waals surface area contributed by atoms with Crippen molar-refractivity contribution >= 4 is 5.69 Å². The molecule has 1 aliphatic rings. The van der Waals surface area contributed by atoms with E-state index in [1.54, 1.807) is 0 Å². The quantitative estimate of drug-likeness (QED) is 0.674. The van der Waals surface area contributed by atoms with E-state index in [1.807, 2.05) is 48.5 Å². The number of hydrogen-bond donors (Lipinski definition) is 0. The largest absolute Gasteiger partial charge is 1.00 e. The predicted octanol–water partition coefficient (Wildman–Crippen LogP) is 4.00. The Morgan fingerprint density at radius 2 is 1.56 bits per heavy atom. The van der Waals surface area contributed by atoms with Gasteiger partial charge in [-0.2, -0.15) is 0 Å². The first-order chi connectivity index (χ1) is 7.43. The van der Waals surface area contributed by atoms with Crippen molar-refractivity contribution in [2.45, 2.75) is 6.54 Å². The van der Waals surface area contributed by atoms with Gasteiger partial charge < -0.3 is 10.1 Å². The second kappa shape index (κ2) is 4.67. The summed E-state index contributed by atoms with van der Waals surface area (Å²) in [6.07, 6.45) is 0. The van der Waals surface area contributed by atoms with E-state index in [2.05, 4.69) is 5.32 Å². The molecule has 0 aromatic heterocycles. The van der Waals surface area contributed by atoms with Gasteiger partial charge in [-0.05, 0) is 17.7 Å². The molecule has 0 atom stereocenters. The Kier molecular flexibility index (Phi) is 3.26. The molecule has 0 unspecified atom stereocenters. The van der Waals surface area contributed by atoms with E-state index in [0.717, 1.165) is 22.7 Å². The van der Waals surface area contributed by atoms with Crippen LogP contribution in [-0.2, 0) is 26.0 Å². The van der Waals surface area contributed by atoms with Crippen LogP contribution >= 0.6 is 0 Å². The third kappa shape index (κ3) is 1.96. The molecule has 0 bridgehead atoms. The van der Waals surface area contributed by atoms with Crippen molar-refractivity contribution in [3.63, 3.8) is 0 Å². The van der Waals surface area contributed by atoms with Crippen molar-refractivity contribution in [1.29, 1.82) is 0 Å². The van der Waals surface area contributed by atoms with Gasteiger partial charge in [0.2, 0.25) is 0 Å². The Morgan fingerprint density at radius 1 is 0.875 bits per heavy atom. The number of para-hydroxylation sites is 3. The van der Waals surface area contributed by atoms with E-state index in [0.29, 0.717) is 6.54 Å². The van der Waals surface area contributed by atoms with Crippen LogP contribution in [0.15, 0.2) is 48.5 Å². The second-order valence-electron chi connectivity index (χ2n) is 3.49. The molecule has 0 N–H and O–H groups in total. The maximum atomic E-state index is 5.81. The zero-order valence-corrected chi connectivity index (χ0v) is 10.3. The van der Waals surface area contributed by atoms with Crippen LogP contribution < -0.4 is 4.74 Å². The van der Waals surface area contributed by atoms with E-state index in [9.17, 15) is 0 Å². The van der Waals surface area contributed by atoms with E-state index < -0.39 is 0 Å². The summed E-state index contributed by atoms with van der Waals surface area (Å²) in [4.78, 5) is 0. The number of ether oxygens (including phenoxy) is 1. The van der Waals surface area contributed by atoms with Crippen LogP contribution in [0.3, 0.4) is 0 Å². The normalized spacial score (nSPS) is 12.0. The summed E-state index contributed by atoms with van der Waals surface area (Å²) in [5.41, 5.74) is 2.06. The molecule has 0 spiro atoms. The SMILES string of the molecule is [Ru+].c1ccc2c(c1)C[N-]c1ccccc1O2. The molecule has 0 fully saturated rings. The van der Waals surface area contributed by atoms with E-state index in [-0.39, 0.29) is 19.5 Å². The monoisotopic (exact) mass is 298 g/mol. The van der Waals surface area contributed by atoms with Gasteiger partial charge in [0, 0.05) is 0 Å². The average Bonchev–Trinajstić information content (AvgIpc) is 2.48. The van der Waals surface area contributed by atoms with Gasteiger partial charge in [0.25, 0.3) is 0 Å². The van der Waals surface area contributed by atoms with Crippen LogP contribution in [0.4, 0.5) is 5.69 Å². The van der Waals surface area contributed by atoms with Crippen LogP contribution in [0.1, 0.15) is 5.56 Å². The number of benzene rings is 2. The van der Waals surface area contributed by atoms with E-state index >= 15 is 0 Å². The van der Waals surface area contributed by atoms with Crippen LogP contribution in [0.25, 0.3) is 5.32 Å². The maximum Gasteiger partial charge on any atom is 1.00 e. The Bertz CT molecular complexity index is 453. The third-order valence-electron chi connectivity index (χ3n) is 2.48. The fraction of sp³-hybridized carbons (Fsp3) is 0.0769. The summed E-state index contributed by atoms with van der Waals surface area (Å²) in [6, 6.07) is 15.9. The Balaban J connectivity index is 0.000000963. The standard InChI is InChI=1S/C13H10NO.Ru/c1-3-7-12-10(5-1)9-14-11-6-2-4-8-13(11)15-12;/h1-8H,9H2;/q-1;+1. The van der Waals surface area contributed by atoms with Gasteiger partial charge in [0.15, 0.2) is 0 Å². The van der Waals surface area contributed by atoms with Crippen LogP contribution in [-0.4, -0.2) is 0 Å². The molecular formula is C13H10NORu. The summed E-state index contributed by atoms with van der Waals surface area (Å²) in [7, 11) is 0. The van der Waals surface area contributed by atoms with Crippen molar-refractivity contribution in [2.75, 3.05) is 0 Å². The summed E-state index contributed by atoms with van der Waals surface area (Å²) in [5, 5.41) is 4.50. The molecule has 1 aliphatic heterocycles. The second-order valence-corrected chi connectivity index (χ2v) is 3.49. The molecule has 0 saturated carbocycles. The smallest absolute Gasteiger partial charge is 0.678 e. The molecule has 3 heteroatoms. The molecule has 0 aliphatic carbocycles. The third-order valence-corrected chi connectivity index (χ3v) is 2.48. The minimum absolute atomic E-state index is 0. The molecule has 0 saturated heterocycles. The summed E-state index contributed by atoms with van der Waals surface area (Å²) in [6.45, 7) is 0.688. The number of nitrogens with zero attached hydrogens (tertiary/aromatic N) is 1. The van der Waals surface area contributed by atoms with Gasteiger partial charge in [-0.3, -0.25) is 0 Å². The fourth-order valence-corrected chi connectivity index (χ4v) is 1.70. The van der Waals surface area contributed by atoms with Crippen molar-refractivity contribution in [2.24, 2.45) is 0 Å². The van der Waals surface area contributed by atoms with E-state index in [4.69, 9.17) is 4.74 Å². The molecule has 16 heavy (non-hydrogen) atoms. The maximum absolute atomic E-state index is 5.81. The molecule has 2 aromatic rings. The van der Waals surface area contributed by atoms with Gasteiger partial charge in [0.05, 0.1) is 0 Å². The van der Waals surface area contributed by atoms with Crippen molar-refractivity contribution < 1.29 is 24.2 Å². The van der Waals surface area contributed by atoms with Crippen LogP contribution in [0.2, 0.25) is 0 Å². The summed E-state index contributed by atoms with van der Waals surface area (Å²) < 4.78 is 5.81. The summed E-state index contributed by atoms with van der Waals surface area (Å²) >= 11 is 0. The molecule has 1 heterocycles. The summed E-state index contributed by atoms with van der Waals surface area (Å²) in [5.74, 6) is 1.74. The minimum Gasteiger partial charge on any atom is -0.678 e. The number of rotatable bonds is 0. The number of hydrogen-bond acceptors (Lipinski definition) is 1. The first-order valence-electron chi connectivity index (χ1n) is 4.96. The van der Waals surface area contributed by atoms with Gasteiger partial charge >= 0.3 is 19.5 Å². The Morgan fingerprint density at radius 3 is 2.44 bits per heavy atom. The molecule has 3 rings (SSSR count). The van der Waals surface area contributed by atoms with Crippen molar-refractivity contribution in [3.05, 3.63) is 59.4 Å². The molecule has 2 aromatic carbocycles. The average molecular weight is 297 g/mol. The Hall–Kier alpha value is -1.34. The minimum atomic E-state index is 0. The zero-order chi connectivity index (χ0) is 10.1. The molecular weight excluding hydrogens is 287 g/mol. The van der Waals surface area contributed by atoms with Crippen molar-refractivity contribution in [3.8, 4) is 11.5 Å². The Labute approximate surface area is 107 Å². The topological polar surface area (TPSA) is 23.3 Å². The molecule has 81 valence electrons. The fourth-order valence-electron chi connectivity index (χ4n) is 1.70. The van der Waals surface area contributed by atoms with E-state index in [1.165, 1.54) is 0 Å². The first-order valence-corrected chi connectivity index (χ1v) is 4.96. The number of fused-ring (bicyclic) bond motifs is 2. The van der Waals surface area contributed by atoms with Gasteiger partial charge in [0.1, 0.15) is 11.5 Å². The molecule has 1 radical (unpaired) electrons.